The summed E-state index contributed by atoms with van der Waals surface area (Å²) in [6.45, 7) is 4.23. The van der Waals surface area contributed by atoms with E-state index in [-0.39, 0.29) is 0 Å². The molecule has 0 unspecified atom stereocenters. The van der Waals surface area contributed by atoms with Crippen LogP contribution in [0.3, 0.4) is 0 Å². The van der Waals surface area contributed by atoms with Gasteiger partial charge < -0.3 is 4.90 Å². The lowest BCUT2D eigenvalue weighted by atomic mass is 10.1. The van der Waals surface area contributed by atoms with Gasteiger partial charge in [-0.05, 0) is 25.1 Å². The fraction of sp³-hybridized carbons (Fsp3) is 0.278. The number of hydrogen-bond donors (Lipinski definition) is 1. The lowest BCUT2D eigenvalue weighted by molar-refractivity contribution is -0.837. The van der Waals surface area contributed by atoms with Gasteiger partial charge in [-0.1, -0.05) is 23.7 Å². The number of quaternary nitrogens is 1. The van der Waals surface area contributed by atoms with Gasteiger partial charge in [0.05, 0.1) is 26.2 Å². The number of nitrogens with one attached hydrogen (secondary N) is 1. The molecule has 0 spiro atoms. The molecule has 1 amide bonds. The Labute approximate surface area is 144 Å². The van der Waals surface area contributed by atoms with Crippen LogP contribution in [0.2, 0.25) is 5.02 Å². The van der Waals surface area contributed by atoms with Crippen LogP contribution in [0.4, 0.5) is 14.5 Å². The van der Waals surface area contributed by atoms with Crippen molar-refractivity contribution < 1.29 is 18.5 Å². The number of aryl methyl sites for hydroxylation is 1. The summed E-state index contributed by atoms with van der Waals surface area (Å²) in [5.74, 6) is -2.23. The molecule has 0 aliphatic carbocycles. The van der Waals surface area contributed by atoms with Crippen molar-refractivity contribution in [3.05, 3.63) is 64.2 Å². The van der Waals surface area contributed by atoms with Crippen molar-refractivity contribution in [2.45, 2.75) is 6.92 Å². The van der Waals surface area contributed by atoms with Gasteiger partial charge in [0.15, 0.2) is 0 Å². The largest absolute Gasteiger partial charge is 0.327 e. The van der Waals surface area contributed by atoms with Crippen molar-refractivity contribution in [1.29, 1.82) is 0 Å². The molecule has 1 saturated heterocycles. The molecule has 2 aromatic carbocycles. The Morgan fingerprint density at radius 2 is 1.75 bits per heavy atom. The van der Waals surface area contributed by atoms with Crippen LogP contribution in [0, 0.1) is 18.6 Å². The number of carbonyl (C=O) groups excluding carboxylic acids is 1. The third-order valence-corrected chi connectivity index (χ3v) is 4.65. The Morgan fingerprint density at radius 3 is 2.38 bits per heavy atom. The van der Waals surface area contributed by atoms with Crippen molar-refractivity contribution in [3.8, 4) is 0 Å². The van der Waals surface area contributed by atoms with Crippen LogP contribution in [-0.2, 0) is 0 Å². The SMILES string of the molecule is Cc1ccc(Cl)cc1[NH+]1CCN(C(=O)c2c(F)cccc2F)CC1. The molecule has 126 valence electrons. The highest BCUT2D eigenvalue weighted by atomic mass is 35.5. The summed E-state index contributed by atoms with van der Waals surface area (Å²) in [4.78, 5) is 15.1. The lowest BCUT2D eigenvalue weighted by Crippen LogP contribution is -3.10. The molecule has 2 aromatic rings. The molecule has 0 aromatic heterocycles. The molecule has 6 heteroatoms. The molecule has 1 fully saturated rings. The predicted octanol–water partition coefficient (Wildman–Crippen LogP) is 2.60. The maximum atomic E-state index is 13.8. The first-order valence-electron chi connectivity index (χ1n) is 7.82. The van der Waals surface area contributed by atoms with E-state index >= 15 is 0 Å². The highest BCUT2D eigenvalue weighted by Gasteiger charge is 2.29. The summed E-state index contributed by atoms with van der Waals surface area (Å²) < 4.78 is 27.6. The number of piperazine rings is 1. The Bertz CT molecular complexity index is 753. The van der Waals surface area contributed by atoms with Gasteiger partial charge in [0.25, 0.3) is 5.91 Å². The topological polar surface area (TPSA) is 24.8 Å². The minimum atomic E-state index is -0.819. The minimum Gasteiger partial charge on any atom is -0.327 e. The molecule has 0 saturated carbocycles. The van der Waals surface area contributed by atoms with Crippen LogP contribution in [0.1, 0.15) is 15.9 Å². The Hall–Kier alpha value is -1.98. The molecule has 0 atom stereocenters. The Balaban J connectivity index is 1.73. The van der Waals surface area contributed by atoms with E-state index in [1.54, 1.807) is 0 Å². The molecule has 3 rings (SSSR count). The van der Waals surface area contributed by atoms with E-state index in [1.807, 2.05) is 25.1 Å². The summed E-state index contributed by atoms with van der Waals surface area (Å²) >= 11 is 6.07. The zero-order valence-corrected chi connectivity index (χ0v) is 14.0. The third kappa shape index (κ3) is 3.28. The zero-order chi connectivity index (χ0) is 17.3. The molecule has 1 heterocycles. The zero-order valence-electron chi connectivity index (χ0n) is 13.3. The second kappa shape index (κ2) is 6.87. The number of carbonyl (C=O) groups is 1. The fourth-order valence-corrected chi connectivity index (χ4v) is 3.26. The van der Waals surface area contributed by atoms with Crippen molar-refractivity contribution in [1.82, 2.24) is 4.90 Å². The molecular weight excluding hydrogens is 334 g/mol. The number of hydrogen-bond acceptors (Lipinski definition) is 1. The van der Waals surface area contributed by atoms with Gasteiger partial charge in [0.1, 0.15) is 22.9 Å². The third-order valence-electron chi connectivity index (χ3n) is 4.41. The Morgan fingerprint density at radius 1 is 1.12 bits per heavy atom. The van der Waals surface area contributed by atoms with Gasteiger partial charge in [-0.25, -0.2) is 8.78 Å². The average molecular weight is 352 g/mol. The molecule has 3 nitrogen and oxygen atoms in total. The van der Waals surface area contributed by atoms with Crippen LogP contribution < -0.4 is 4.90 Å². The summed E-state index contributed by atoms with van der Waals surface area (Å²) in [5.41, 5.74) is 1.76. The quantitative estimate of drug-likeness (QED) is 0.884. The highest BCUT2D eigenvalue weighted by molar-refractivity contribution is 6.30. The average Bonchev–Trinajstić information content (AvgIpc) is 2.57. The van der Waals surface area contributed by atoms with Gasteiger partial charge in [-0.2, -0.15) is 0 Å². The highest BCUT2D eigenvalue weighted by Crippen LogP contribution is 2.18. The van der Waals surface area contributed by atoms with Crippen LogP contribution in [-0.4, -0.2) is 37.0 Å². The molecular formula is C18H18ClF2N2O+. The fourth-order valence-electron chi connectivity index (χ4n) is 3.08. The first-order valence-corrected chi connectivity index (χ1v) is 8.19. The second-order valence-corrected chi connectivity index (χ2v) is 6.39. The smallest absolute Gasteiger partial charge is 0.260 e. The molecule has 0 radical (unpaired) electrons. The molecule has 1 aliphatic rings. The van der Waals surface area contributed by atoms with Crippen molar-refractivity contribution >= 4 is 23.2 Å². The van der Waals surface area contributed by atoms with Gasteiger partial charge >= 0.3 is 0 Å². The van der Waals surface area contributed by atoms with Crippen LogP contribution in [0.25, 0.3) is 0 Å². The van der Waals surface area contributed by atoms with E-state index in [4.69, 9.17) is 11.6 Å². The van der Waals surface area contributed by atoms with E-state index in [2.05, 4.69) is 0 Å². The van der Waals surface area contributed by atoms with E-state index in [9.17, 15) is 13.6 Å². The summed E-state index contributed by atoms with van der Waals surface area (Å²) in [5, 5.41) is 0.676. The molecule has 0 bridgehead atoms. The van der Waals surface area contributed by atoms with Gasteiger partial charge in [0, 0.05) is 16.7 Å². The normalized spacial score (nSPS) is 15.6. The first-order chi connectivity index (χ1) is 11.5. The predicted molar refractivity (Wildman–Crippen MR) is 88.8 cm³/mol. The van der Waals surface area contributed by atoms with Gasteiger partial charge in [-0.15, -0.1) is 0 Å². The van der Waals surface area contributed by atoms with Crippen molar-refractivity contribution in [2.24, 2.45) is 0 Å². The van der Waals surface area contributed by atoms with E-state index in [0.717, 1.165) is 23.4 Å². The lowest BCUT2D eigenvalue weighted by Gasteiger charge is -2.32. The maximum absolute atomic E-state index is 13.8. The van der Waals surface area contributed by atoms with Gasteiger partial charge in [0.2, 0.25) is 0 Å². The summed E-state index contributed by atoms with van der Waals surface area (Å²) in [6, 6.07) is 9.21. The van der Waals surface area contributed by atoms with E-state index in [0.29, 0.717) is 31.2 Å². The number of rotatable bonds is 2. The molecule has 24 heavy (non-hydrogen) atoms. The number of amides is 1. The second-order valence-electron chi connectivity index (χ2n) is 5.95. The summed E-state index contributed by atoms with van der Waals surface area (Å²) in [6.07, 6.45) is 0. The molecule has 1 aliphatic heterocycles. The summed E-state index contributed by atoms with van der Waals surface area (Å²) in [7, 11) is 0. The Kier molecular flexibility index (Phi) is 4.83. The van der Waals surface area contributed by atoms with E-state index < -0.39 is 23.1 Å². The van der Waals surface area contributed by atoms with Gasteiger partial charge in [-0.3, -0.25) is 9.69 Å². The van der Waals surface area contributed by atoms with E-state index in [1.165, 1.54) is 15.9 Å². The number of halogens is 3. The maximum Gasteiger partial charge on any atom is 0.260 e. The molecule has 1 N–H and O–H groups in total. The van der Waals surface area contributed by atoms with Crippen molar-refractivity contribution in [3.63, 3.8) is 0 Å². The number of nitrogens with zero attached hydrogens (tertiary/aromatic N) is 1. The monoisotopic (exact) mass is 351 g/mol. The van der Waals surface area contributed by atoms with Crippen LogP contribution >= 0.6 is 11.6 Å². The first kappa shape index (κ1) is 16.9. The minimum absolute atomic E-state index is 0.438. The van der Waals surface area contributed by atoms with Crippen molar-refractivity contribution in [2.75, 3.05) is 26.2 Å². The van der Waals surface area contributed by atoms with Crippen LogP contribution in [0.5, 0.6) is 0 Å². The number of benzene rings is 2. The van der Waals surface area contributed by atoms with Crippen LogP contribution in [0.15, 0.2) is 36.4 Å². The standard InChI is InChI=1S/C18H17ClF2N2O/c1-12-5-6-13(19)11-16(12)22-7-9-23(10-8-22)18(24)17-14(20)3-2-4-15(17)21/h2-6,11H,7-10H2,1H3/p+1.